The molecule has 0 spiro atoms. The number of piperazine rings is 1. The van der Waals surface area contributed by atoms with E-state index < -0.39 is 0 Å². The van der Waals surface area contributed by atoms with Gasteiger partial charge in [0.2, 0.25) is 0 Å². The summed E-state index contributed by atoms with van der Waals surface area (Å²) in [5, 5.41) is 12.8. The summed E-state index contributed by atoms with van der Waals surface area (Å²) in [6, 6.07) is 19.6. The van der Waals surface area contributed by atoms with Crippen LogP contribution >= 0.6 is 11.6 Å². The molecule has 0 bridgehead atoms. The number of nitrogens with one attached hydrogen (secondary N) is 2. The number of benzene rings is 3. The molecule has 0 aliphatic carbocycles. The smallest absolute Gasteiger partial charge is 0.251 e. The van der Waals surface area contributed by atoms with Crippen LogP contribution in [0.4, 0.5) is 11.4 Å². The van der Waals surface area contributed by atoms with Gasteiger partial charge in [-0.1, -0.05) is 35.9 Å². The number of aromatic nitrogens is 2. The minimum absolute atomic E-state index is 0.0740. The number of anilines is 2. The molecule has 196 valence electrons. The average Bonchev–Trinajstić information content (AvgIpc) is 3.36. The van der Waals surface area contributed by atoms with Gasteiger partial charge < -0.3 is 10.6 Å². The molecular formula is C30H33ClN6O. The molecule has 8 heteroatoms. The van der Waals surface area contributed by atoms with Crippen molar-refractivity contribution in [3.8, 4) is 5.69 Å². The normalized spacial score (nSPS) is 14.5. The lowest BCUT2D eigenvalue weighted by Crippen LogP contribution is -2.48. The van der Waals surface area contributed by atoms with E-state index in [1.807, 2.05) is 84.5 Å². The maximum absolute atomic E-state index is 12.9. The summed E-state index contributed by atoms with van der Waals surface area (Å²) in [7, 11) is 0. The van der Waals surface area contributed by atoms with Crippen LogP contribution in [0.2, 0.25) is 5.02 Å². The van der Waals surface area contributed by atoms with Gasteiger partial charge in [-0.2, -0.15) is 5.10 Å². The first-order valence-electron chi connectivity index (χ1n) is 13.0. The number of carbonyl (C=O) groups is 1. The quantitative estimate of drug-likeness (QED) is 0.290. The molecule has 1 fully saturated rings. The van der Waals surface area contributed by atoms with Crippen molar-refractivity contribution in [1.29, 1.82) is 0 Å². The van der Waals surface area contributed by atoms with Crippen LogP contribution in [0.25, 0.3) is 16.6 Å². The third kappa shape index (κ3) is 5.91. The second-order valence-corrected chi connectivity index (χ2v) is 10.0. The topological polar surface area (TPSA) is 65.4 Å². The van der Waals surface area contributed by atoms with Crippen molar-refractivity contribution >= 4 is 39.8 Å². The van der Waals surface area contributed by atoms with Crippen LogP contribution < -0.4 is 10.6 Å². The predicted molar refractivity (Wildman–Crippen MR) is 156 cm³/mol. The summed E-state index contributed by atoms with van der Waals surface area (Å²) < 4.78 is 1.86. The van der Waals surface area contributed by atoms with Crippen molar-refractivity contribution in [1.82, 2.24) is 24.9 Å². The second kappa shape index (κ2) is 11.8. The molecule has 2 N–H and O–H groups in total. The maximum Gasteiger partial charge on any atom is 0.251 e. The lowest BCUT2D eigenvalue weighted by atomic mass is 10.1. The monoisotopic (exact) mass is 528 g/mol. The van der Waals surface area contributed by atoms with E-state index in [9.17, 15) is 4.79 Å². The third-order valence-corrected chi connectivity index (χ3v) is 7.46. The van der Waals surface area contributed by atoms with Gasteiger partial charge in [0, 0.05) is 62.5 Å². The molecule has 2 heterocycles. The van der Waals surface area contributed by atoms with Crippen molar-refractivity contribution in [2.24, 2.45) is 0 Å². The molecule has 5 rings (SSSR count). The van der Waals surface area contributed by atoms with Gasteiger partial charge >= 0.3 is 0 Å². The molecule has 1 aromatic heterocycles. The van der Waals surface area contributed by atoms with E-state index in [1.54, 1.807) is 0 Å². The maximum atomic E-state index is 12.9. The Kier molecular flexibility index (Phi) is 8.08. The van der Waals surface area contributed by atoms with Crippen LogP contribution in [0.15, 0.2) is 79.5 Å². The fourth-order valence-electron chi connectivity index (χ4n) is 4.80. The molecule has 38 heavy (non-hydrogen) atoms. The van der Waals surface area contributed by atoms with Crippen molar-refractivity contribution in [3.63, 3.8) is 0 Å². The summed E-state index contributed by atoms with van der Waals surface area (Å²) in [6.45, 7) is 12.3. The number of fused-ring (bicyclic) bond motifs is 1. The SMILES string of the molecule is C=CCN1CCN(CCNC(=O)c2cccc(-n3ncc4cc(Nc5cccc(C)c5Cl)ccc43)c2)CC1. The Morgan fingerprint density at radius 2 is 1.84 bits per heavy atom. The molecule has 1 aliphatic rings. The summed E-state index contributed by atoms with van der Waals surface area (Å²) in [5.74, 6) is -0.0740. The number of rotatable bonds is 9. The molecule has 1 saturated heterocycles. The van der Waals surface area contributed by atoms with Crippen molar-refractivity contribution in [3.05, 3.63) is 95.7 Å². The first kappa shape index (κ1) is 26.0. The number of hydrogen-bond donors (Lipinski definition) is 2. The highest BCUT2D eigenvalue weighted by Crippen LogP contribution is 2.30. The number of hydrogen-bond acceptors (Lipinski definition) is 5. The largest absolute Gasteiger partial charge is 0.354 e. The number of carbonyl (C=O) groups excluding carboxylic acids is 1. The standard InChI is InChI=1S/C30H33ClN6O/c1-3-13-35-15-17-36(18-16-35)14-12-32-30(38)23-7-5-8-26(20-23)37-28-11-10-25(19-24(28)21-33-37)34-27-9-4-6-22(2)29(27)31/h3-11,19-21,34H,1,12-18H2,2H3,(H,32,38). The first-order chi connectivity index (χ1) is 18.5. The van der Waals surface area contributed by atoms with Crippen LogP contribution in [0, 0.1) is 6.92 Å². The molecule has 1 amide bonds. The summed E-state index contributed by atoms with van der Waals surface area (Å²) >= 11 is 6.45. The zero-order valence-electron chi connectivity index (χ0n) is 21.7. The van der Waals surface area contributed by atoms with E-state index in [-0.39, 0.29) is 5.91 Å². The summed E-state index contributed by atoms with van der Waals surface area (Å²) in [6.07, 6.45) is 3.79. The van der Waals surface area contributed by atoms with Gasteiger partial charge in [-0.05, 0) is 55.0 Å². The van der Waals surface area contributed by atoms with Gasteiger partial charge in [-0.25, -0.2) is 4.68 Å². The highest BCUT2D eigenvalue weighted by atomic mass is 35.5. The molecule has 7 nitrogen and oxygen atoms in total. The highest BCUT2D eigenvalue weighted by Gasteiger charge is 2.16. The van der Waals surface area contributed by atoms with Crippen molar-refractivity contribution in [2.45, 2.75) is 6.92 Å². The van der Waals surface area contributed by atoms with Crippen molar-refractivity contribution < 1.29 is 4.79 Å². The number of amides is 1. The van der Waals surface area contributed by atoms with Crippen LogP contribution in [0.1, 0.15) is 15.9 Å². The lowest BCUT2D eigenvalue weighted by Gasteiger charge is -2.34. The summed E-state index contributed by atoms with van der Waals surface area (Å²) in [5.41, 5.74) is 5.24. The van der Waals surface area contributed by atoms with Gasteiger partial charge in [0.25, 0.3) is 5.91 Å². The van der Waals surface area contributed by atoms with Crippen LogP contribution in [0.3, 0.4) is 0 Å². The number of halogens is 1. The predicted octanol–water partition coefficient (Wildman–Crippen LogP) is 5.26. The van der Waals surface area contributed by atoms with Crippen LogP contribution in [-0.2, 0) is 0 Å². The molecule has 0 unspecified atom stereocenters. The van der Waals surface area contributed by atoms with E-state index in [0.717, 1.165) is 72.8 Å². The molecular weight excluding hydrogens is 496 g/mol. The third-order valence-electron chi connectivity index (χ3n) is 6.96. The Morgan fingerprint density at radius 1 is 1.05 bits per heavy atom. The summed E-state index contributed by atoms with van der Waals surface area (Å²) in [4.78, 5) is 17.7. The van der Waals surface area contributed by atoms with Crippen LogP contribution in [0.5, 0.6) is 0 Å². The van der Waals surface area contributed by atoms with E-state index in [1.165, 1.54) is 0 Å². The molecule has 1 aliphatic heterocycles. The Morgan fingerprint density at radius 3 is 2.66 bits per heavy atom. The second-order valence-electron chi connectivity index (χ2n) is 9.63. The number of nitrogens with zero attached hydrogens (tertiary/aromatic N) is 4. The zero-order valence-corrected chi connectivity index (χ0v) is 22.4. The lowest BCUT2D eigenvalue weighted by molar-refractivity contribution is 0.0939. The van der Waals surface area contributed by atoms with E-state index in [4.69, 9.17) is 11.6 Å². The molecule has 0 radical (unpaired) electrons. The minimum Gasteiger partial charge on any atom is -0.354 e. The molecule has 0 saturated carbocycles. The Balaban J connectivity index is 1.23. The Bertz CT molecular complexity index is 1440. The van der Waals surface area contributed by atoms with Crippen LogP contribution in [-0.4, -0.2) is 71.3 Å². The zero-order chi connectivity index (χ0) is 26.5. The van der Waals surface area contributed by atoms with Gasteiger partial charge in [0.05, 0.1) is 28.1 Å². The number of aryl methyl sites for hydroxylation is 1. The molecule has 4 aromatic rings. The van der Waals surface area contributed by atoms with Gasteiger partial charge in [0.1, 0.15) is 0 Å². The fourth-order valence-corrected chi connectivity index (χ4v) is 4.98. The van der Waals surface area contributed by atoms with Gasteiger partial charge in [0.15, 0.2) is 0 Å². The van der Waals surface area contributed by atoms with Crippen molar-refractivity contribution in [2.75, 3.05) is 51.1 Å². The first-order valence-corrected chi connectivity index (χ1v) is 13.3. The average molecular weight is 529 g/mol. The molecule has 3 aromatic carbocycles. The minimum atomic E-state index is -0.0740. The van der Waals surface area contributed by atoms with E-state index >= 15 is 0 Å². The Labute approximate surface area is 228 Å². The van der Waals surface area contributed by atoms with E-state index in [2.05, 4.69) is 32.1 Å². The van der Waals surface area contributed by atoms with Gasteiger partial charge in [-0.15, -0.1) is 6.58 Å². The molecule has 0 atom stereocenters. The Hall–Kier alpha value is -3.65. The van der Waals surface area contributed by atoms with E-state index in [0.29, 0.717) is 17.1 Å². The fraction of sp³-hybridized carbons (Fsp3) is 0.267. The van der Waals surface area contributed by atoms with Gasteiger partial charge in [-0.3, -0.25) is 14.6 Å². The highest BCUT2D eigenvalue weighted by molar-refractivity contribution is 6.34.